The van der Waals surface area contributed by atoms with Crippen molar-refractivity contribution in [2.75, 3.05) is 32.8 Å². The number of hydrogen-bond donors (Lipinski definition) is 1. The summed E-state index contributed by atoms with van der Waals surface area (Å²) in [7, 11) is 0. The van der Waals surface area contributed by atoms with Gasteiger partial charge in [0.1, 0.15) is 5.60 Å². The highest BCUT2D eigenvalue weighted by atomic mass is 16.6. The summed E-state index contributed by atoms with van der Waals surface area (Å²) >= 11 is 0. The highest BCUT2D eigenvalue weighted by molar-refractivity contribution is 5.68. The third-order valence-corrected chi connectivity index (χ3v) is 3.79. The molecule has 1 unspecified atom stereocenters. The van der Waals surface area contributed by atoms with Crippen molar-refractivity contribution >= 4 is 6.09 Å². The number of piperidine rings is 1. The molecule has 0 saturated carbocycles. The number of nitrogens with one attached hydrogen (secondary N) is 1. The van der Waals surface area contributed by atoms with Crippen LogP contribution in [-0.2, 0) is 9.47 Å². The molecule has 0 aromatic carbocycles. The van der Waals surface area contributed by atoms with Crippen LogP contribution in [0, 0.1) is 5.41 Å². The van der Waals surface area contributed by atoms with Crippen molar-refractivity contribution in [3.05, 3.63) is 0 Å². The van der Waals surface area contributed by atoms with E-state index < -0.39 is 5.60 Å². The highest BCUT2D eigenvalue weighted by Crippen LogP contribution is 2.26. The SMILES string of the molecule is CC1(CNC2CCCN(C(=O)OC(C)(C)C)C2)COC1. The van der Waals surface area contributed by atoms with Crippen LogP contribution in [0.15, 0.2) is 0 Å². The fraction of sp³-hybridized carbons (Fsp3) is 0.933. The maximum absolute atomic E-state index is 12.1. The van der Waals surface area contributed by atoms with E-state index in [1.807, 2.05) is 25.7 Å². The number of carbonyl (C=O) groups is 1. The quantitative estimate of drug-likeness (QED) is 0.861. The maximum atomic E-state index is 12.1. The zero-order valence-corrected chi connectivity index (χ0v) is 13.2. The van der Waals surface area contributed by atoms with Crippen molar-refractivity contribution in [1.29, 1.82) is 0 Å². The van der Waals surface area contributed by atoms with Gasteiger partial charge in [-0.25, -0.2) is 4.79 Å². The Morgan fingerprint density at radius 2 is 2.15 bits per heavy atom. The van der Waals surface area contributed by atoms with E-state index in [0.717, 1.165) is 45.7 Å². The molecule has 1 amide bonds. The monoisotopic (exact) mass is 284 g/mol. The van der Waals surface area contributed by atoms with Crippen molar-refractivity contribution < 1.29 is 14.3 Å². The second-order valence-corrected chi connectivity index (χ2v) is 7.45. The van der Waals surface area contributed by atoms with Crippen LogP contribution < -0.4 is 5.32 Å². The largest absolute Gasteiger partial charge is 0.444 e. The van der Waals surface area contributed by atoms with Crippen molar-refractivity contribution in [2.24, 2.45) is 5.41 Å². The molecular formula is C15H28N2O3. The summed E-state index contributed by atoms with van der Waals surface area (Å²) < 4.78 is 10.7. The zero-order valence-electron chi connectivity index (χ0n) is 13.2. The predicted octanol–water partition coefficient (Wildman–Crippen LogP) is 2.01. The minimum Gasteiger partial charge on any atom is -0.444 e. The Kier molecular flexibility index (Phi) is 4.59. The molecule has 2 heterocycles. The van der Waals surface area contributed by atoms with Gasteiger partial charge in [-0.1, -0.05) is 6.92 Å². The van der Waals surface area contributed by atoms with Crippen LogP contribution in [0.3, 0.4) is 0 Å². The molecule has 2 aliphatic rings. The average Bonchev–Trinajstić information content (AvgIpc) is 2.32. The smallest absolute Gasteiger partial charge is 0.410 e. The average molecular weight is 284 g/mol. The first-order valence-corrected chi connectivity index (χ1v) is 7.57. The van der Waals surface area contributed by atoms with Gasteiger partial charge >= 0.3 is 6.09 Å². The Morgan fingerprint density at radius 3 is 2.70 bits per heavy atom. The Bertz CT molecular complexity index is 348. The molecular weight excluding hydrogens is 256 g/mol. The normalized spacial score (nSPS) is 26.0. The summed E-state index contributed by atoms with van der Waals surface area (Å²) in [4.78, 5) is 13.9. The molecule has 0 aliphatic carbocycles. The molecule has 2 aliphatic heterocycles. The lowest BCUT2D eigenvalue weighted by atomic mass is 9.88. The molecule has 2 rings (SSSR count). The number of amides is 1. The lowest BCUT2D eigenvalue weighted by molar-refractivity contribution is -0.101. The van der Waals surface area contributed by atoms with E-state index in [0.29, 0.717) is 6.04 Å². The number of ether oxygens (including phenoxy) is 2. The number of nitrogens with zero attached hydrogens (tertiary/aromatic N) is 1. The Labute approximate surface area is 122 Å². The molecule has 2 fully saturated rings. The van der Waals surface area contributed by atoms with Gasteiger partial charge in [0.25, 0.3) is 0 Å². The minimum atomic E-state index is -0.422. The van der Waals surface area contributed by atoms with Crippen molar-refractivity contribution in [3.63, 3.8) is 0 Å². The molecule has 5 nitrogen and oxygen atoms in total. The van der Waals surface area contributed by atoms with Crippen molar-refractivity contribution in [3.8, 4) is 0 Å². The zero-order chi connectivity index (χ0) is 14.8. The summed E-state index contributed by atoms with van der Waals surface area (Å²) in [5.41, 5.74) is -0.150. The molecule has 1 atom stereocenters. The molecule has 0 aromatic heterocycles. The van der Waals surface area contributed by atoms with Gasteiger partial charge in [0.05, 0.1) is 13.2 Å². The van der Waals surface area contributed by atoms with Crippen LogP contribution in [0.25, 0.3) is 0 Å². The summed E-state index contributed by atoms with van der Waals surface area (Å²) in [5.74, 6) is 0. The molecule has 116 valence electrons. The van der Waals surface area contributed by atoms with Crippen LogP contribution in [0.2, 0.25) is 0 Å². The van der Waals surface area contributed by atoms with E-state index in [4.69, 9.17) is 9.47 Å². The number of rotatable bonds is 3. The summed E-state index contributed by atoms with van der Waals surface area (Å²) in [6.07, 6.45) is 1.96. The van der Waals surface area contributed by atoms with Gasteiger partial charge in [0.2, 0.25) is 0 Å². The standard InChI is InChI=1S/C15H28N2O3/c1-14(2,3)20-13(18)17-7-5-6-12(8-17)16-9-15(4)10-19-11-15/h12,16H,5-11H2,1-4H3. The second-order valence-electron chi connectivity index (χ2n) is 7.45. The molecule has 0 aromatic rings. The topological polar surface area (TPSA) is 50.8 Å². The molecule has 1 N–H and O–H groups in total. The Hall–Kier alpha value is -0.810. The van der Waals surface area contributed by atoms with Crippen molar-refractivity contribution in [2.45, 2.75) is 52.2 Å². The van der Waals surface area contributed by atoms with Gasteiger partial charge in [0.15, 0.2) is 0 Å². The van der Waals surface area contributed by atoms with Crippen LogP contribution >= 0.6 is 0 Å². The molecule has 20 heavy (non-hydrogen) atoms. The van der Waals surface area contributed by atoms with Gasteiger partial charge in [-0.3, -0.25) is 0 Å². The van der Waals surface area contributed by atoms with Gasteiger partial charge in [-0.15, -0.1) is 0 Å². The summed E-state index contributed by atoms with van der Waals surface area (Å²) in [5, 5.41) is 3.58. The van der Waals surface area contributed by atoms with E-state index in [2.05, 4.69) is 12.2 Å². The minimum absolute atomic E-state index is 0.192. The third-order valence-electron chi connectivity index (χ3n) is 3.79. The fourth-order valence-electron chi connectivity index (χ4n) is 2.58. The molecule has 0 radical (unpaired) electrons. The van der Waals surface area contributed by atoms with Crippen molar-refractivity contribution in [1.82, 2.24) is 10.2 Å². The lowest BCUT2D eigenvalue weighted by Crippen LogP contribution is -2.54. The van der Waals surface area contributed by atoms with Gasteiger partial charge < -0.3 is 19.7 Å². The van der Waals surface area contributed by atoms with Crippen LogP contribution in [0.4, 0.5) is 4.79 Å². The van der Waals surface area contributed by atoms with E-state index in [1.54, 1.807) is 0 Å². The Morgan fingerprint density at radius 1 is 1.45 bits per heavy atom. The maximum Gasteiger partial charge on any atom is 0.410 e. The summed E-state index contributed by atoms with van der Waals surface area (Å²) in [6.45, 7) is 12.1. The van der Waals surface area contributed by atoms with Crippen LogP contribution in [-0.4, -0.2) is 55.5 Å². The van der Waals surface area contributed by atoms with E-state index in [9.17, 15) is 4.79 Å². The van der Waals surface area contributed by atoms with E-state index in [-0.39, 0.29) is 11.5 Å². The van der Waals surface area contributed by atoms with E-state index in [1.165, 1.54) is 0 Å². The molecule has 0 spiro atoms. The Balaban J connectivity index is 1.77. The third kappa shape index (κ3) is 4.35. The first-order chi connectivity index (χ1) is 9.27. The fourth-order valence-corrected chi connectivity index (χ4v) is 2.58. The van der Waals surface area contributed by atoms with Gasteiger partial charge in [-0.2, -0.15) is 0 Å². The van der Waals surface area contributed by atoms with Gasteiger partial charge in [-0.05, 0) is 33.6 Å². The first-order valence-electron chi connectivity index (χ1n) is 7.57. The van der Waals surface area contributed by atoms with Crippen LogP contribution in [0.5, 0.6) is 0 Å². The molecule has 0 bridgehead atoms. The molecule has 2 saturated heterocycles. The number of hydrogen-bond acceptors (Lipinski definition) is 4. The highest BCUT2D eigenvalue weighted by Gasteiger charge is 2.34. The first kappa shape index (κ1) is 15.6. The number of likely N-dealkylation sites (tertiary alicyclic amines) is 1. The van der Waals surface area contributed by atoms with Gasteiger partial charge in [0, 0.05) is 31.1 Å². The number of carbonyl (C=O) groups excluding carboxylic acids is 1. The lowest BCUT2D eigenvalue weighted by Gasteiger charge is -2.41. The van der Waals surface area contributed by atoms with Crippen LogP contribution in [0.1, 0.15) is 40.5 Å². The second kappa shape index (κ2) is 5.90. The predicted molar refractivity (Wildman–Crippen MR) is 77.8 cm³/mol. The van der Waals surface area contributed by atoms with E-state index >= 15 is 0 Å². The summed E-state index contributed by atoms with van der Waals surface area (Å²) in [6, 6.07) is 0.369. The molecule has 5 heteroatoms.